The number of hydrogen-bond donors (Lipinski definition) is 1. The Morgan fingerprint density at radius 2 is 1.80 bits per heavy atom. The minimum absolute atomic E-state index is 0.0307. The SMILES string of the molecule is COCCCNC(=O)C1CCC(=O)N(c2ccc(C)cc2)C1c1ccc(OC)cc1. The molecule has 6 nitrogen and oxygen atoms in total. The molecule has 1 fully saturated rings. The highest BCUT2D eigenvalue weighted by atomic mass is 16.5. The fraction of sp³-hybridized carbons (Fsp3) is 0.417. The molecule has 160 valence electrons. The lowest BCUT2D eigenvalue weighted by Crippen LogP contribution is -2.48. The lowest BCUT2D eigenvalue weighted by molar-refractivity contribution is -0.129. The number of piperidine rings is 1. The summed E-state index contributed by atoms with van der Waals surface area (Å²) in [6, 6.07) is 15.1. The Balaban J connectivity index is 1.94. The van der Waals surface area contributed by atoms with Gasteiger partial charge in [-0.15, -0.1) is 0 Å². The highest BCUT2D eigenvalue weighted by Gasteiger charge is 2.41. The van der Waals surface area contributed by atoms with Crippen molar-refractivity contribution < 1.29 is 19.1 Å². The van der Waals surface area contributed by atoms with Gasteiger partial charge in [-0.25, -0.2) is 0 Å². The van der Waals surface area contributed by atoms with Gasteiger partial charge in [0.25, 0.3) is 0 Å². The topological polar surface area (TPSA) is 67.9 Å². The number of carbonyl (C=O) groups is 2. The maximum Gasteiger partial charge on any atom is 0.227 e. The van der Waals surface area contributed by atoms with Crippen LogP contribution >= 0.6 is 0 Å². The molecule has 6 heteroatoms. The minimum Gasteiger partial charge on any atom is -0.497 e. The van der Waals surface area contributed by atoms with Crippen LogP contribution in [0.2, 0.25) is 0 Å². The molecule has 2 amide bonds. The summed E-state index contributed by atoms with van der Waals surface area (Å²) in [6.07, 6.45) is 1.62. The van der Waals surface area contributed by atoms with Crippen molar-refractivity contribution in [3.8, 4) is 5.75 Å². The number of benzene rings is 2. The predicted molar refractivity (Wildman–Crippen MR) is 117 cm³/mol. The zero-order chi connectivity index (χ0) is 21.5. The van der Waals surface area contributed by atoms with Gasteiger partial charge < -0.3 is 19.7 Å². The molecule has 2 atom stereocenters. The number of nitrogens with one attached hydrogen (secondary N) is 1. The zero-order valence-electron chi connectivity index (χ0n) is 17.9. The highest BCUT2D eigenvalue weighted by molar-refractivity contribution is 5.97. The normalized spacial score (nSPS) is 18.9. The minimum atomic E-state index is -0.373. The second kappa shape index (κ2) is 10.3. The molecule has 3 rings (SSSR count). The van der Waals surface area contributed by atoms with Crippen molar-refractivity contribution in [1.29, 1.82) is 0 Å². The average molecular weight is 411 g/mol. The van der Waals surface area contributed by atoms with E-state index >= 15 is 0 Å². The number of aryl methyl sites for hydroxylation is 1. The lowest BCUT2D eigenvalue weighted by Gasteiger charge is -2.41. The molecule has 0 saturated carbocycles. The second-order valence-corrected chi connectivity index (χ2v) is 7.60. The van der Waals surface area contributed by atoms with Crippen molar-refractivity contribution in [3.63, 3.8) is 0 Å². The molecule has 0 aliphatic carbocycles. The third-order valence-corrected chi connectivity index (χ3v) is 5.53. The van der Waals surface area contributed by atoms with Gasteiger partial charge in [-0.1, -0.05) is 29.8 Å². The van der Waals surface area contributed by atoms with Gasteiger partial charge in [-0.3, -0.25) is 9.59 Å². The van der Waals surface area contributed by atoms with E-state index in [1.807, 2.05) is 55.5 Å². The summed E-state index contributed by atoms with van der Waals surface area (Å²) in [5, 5.41) is 3.02. The quantitative estimate of drug-likeness (QED) is 0.675. The summed E-state index contributed by atoms with van der Waals surface area (Å²) >= 11 is 0. The van der Waals surface area contributed by atoms with Crippen molar-refractivity contribution in [2.45, 2.75) is 32.2 Å². The van der Waals surface area contributed by atoms with E-state index in [0.29, 0.717) is 26.0 Å². The molecule has 0 spiro atoms. The molecule has 1 aliphatic rings. The smallest absolute Gasteiger partial charge is 0.227 e. The van der Waals surface area contributed by atoms with Crippen LogP contribution < -0.4 is 15.0 Å². The van der Waals surface area contributed by atoms with E-state index in [1.165, 1.54) is 0 Å². The third kappa shape index (κ3) is 5.00. The monoisotopic (exact) mass is 410 g/mol. The average Bonchev–Trinajstić information content (AvgIpc) is 2.77. The number of methoxy groups -OCH3 is 2. The molecule has 0 bridgehead atoms. The van der Waals surface area contributed by atoms with E-state index in [1.54, 1.807) is 19.1 Å². The van der Waals surface area contributed by atoms with Gasteiger partial charge in [-0.05, 0) is 49.6 Å². The summed E-state index contributed by atoms with van der Waals surface area (Å²) < 4.78 is 10.3. The Morgan fingerprint density at radius 3 is 2.43 bits per heavy atom. The van der Waals surface area contributed by atoms with Crippen molar-refractivity contribution in [2.75, 3.05) is 32.3 Å². The van der Waals surface area contributed by atoms with Gasteiger partial charge in [0.1, 0.15) is 5.75 Å². The van der Waals surface area contributed by atoms with Crippen LogP contribution in [0.15, 0.2) is 48.5 Å². The molecule has 1 N–H and O–H groups in total. The molecule has 2 aromatic carbocycles. The van der Waals surface area contributed by atoms with E-state index in [4.69, 9.17) is 9.47 Å². The largest absolute Gasteiger partial charge is 0.497 e. The maximum absolute atomic E-state index is 13.1. The Bertz CT molecular complexity index is 849. The molecule has 1 heterocycles. The first-order chi connectivity index (χ1) is 14.5. The first-order valence-electron chi connectivity index (χ1n) is 10.3. The lowest BCUT2D eigenvalue weighted by atomic mass is 9.83. The number of nitrogens with zero attached hydrogens (tertiary/aromatic N) is 1. The summed E-state index contributed by atoms with van der Waals surface area (Å²) in [7, 11) is 3.27. The standard InChI is InChI=1S/C24H30N2O4/c1-17-5-9-19(10-6-17)26-22(27)14-13-21(24(28)25-15-4-16-29-2)23(26)18-7-11-20(30-3)12-8-18/h5-12,21,23H,4,13-16H2,1-3H3,(H,25,28). The molecule has 30 heavy (non-hydrogen) atoms. The fourth-order valence-electron chi connectivity index (χ4n) is 3.92. The molecule has 0 radical (unpaired) electrons. The first-order valence-corrected chi connectivity index (χ1v) is 10.3. The highest BCUT2D eigenvalue weighted by Crippen LogP contribution is 2.40. The maximum atomic E-state index is 13.1. The molecular formula is C24H30N2O4. The first kappa shape index (κ1) is 21.8. The number of amides is 2. The van der Waals surface area contributed by atoms with Crippen molar-refractivity contribution in [3.05, 3.63) is 59.7 Å². The Hall–Kier alpha value is -2.86. The van der Waals surface area contributed by atoms with Crippen LogP contribution in [0.25, 0.3) is 0 Å². The van der Waals surface area contributed by atoms with E-state index in [2.05, 4.69) is 5.32 Å². The van der Waals surface area contributed by atoms with Gasteiger partial charge in [-0.2, -0.15) is 0 Å². The molecule has 1 aliphatic heterocycles. The van der Waals surface area contributed by atoms with Crippen LogP contribution in [0.3, 0.4) is 0 Å². The summed E-state index contributed by atoms with van der Waals surface area (Å²) in [5.41, 5.74) is 2.85. The number of hydrogen-bond acceptors (Lipinski definition) is 4. The van der Waals surface area contributed by atoms with E-state index in [9.17, 15) is 9.59 Å². The van der Waals surface area contributed by atoms with Crippen LogP contribution in [-0.2, 0) is 14.3 Å². The van der Waals surface area contributed by atoms with E-state index in [0.717, 1.165) is 29.0 Å². The van der Waals surface area contributed by atoms with Crippen LogP contribution in [0.4, 0.5) is 5.69 Å². The van der Waals surface area contributed by atoms with Gasteiger partial charge in [0.2, 0.25) is 11.8 Å². The molecule has 1 saturated heterocycles. The van der Waals surface area contributed by atoms with Crippen molar-refractivity contribution in [1.82, 2.24) is 5.32 Å². The summed E-state index contributed by atoms with van der Waals surface area (Å²) in [4.78, 5) is 27.9. The molecule has 0 aromatic heterocycles. The summed E-state index contributed by atoms with van der Waals surface area (Å²) in [6.45, 7) is 3.16. The number of rotatable bonds is 8. The molecule has 2 unspecified atom stereocenters. The zero-order valence-corrected chi connectivity index (χ0v) is 17.9. The van der Waals surface area contributed by atoms with E-state index in [-0.39, 0.29) is 23.8 Å². The van der Waals surface area contributed by atoms with Gasteiger partial charge in [0, 0.05) is 32.4 Å². The predicted octanol–water partition coefficient (Wildman–Crippen LogP) is 3.64. The van der Waals surface area contributed by atoms with Gasteiger partial charge >= 0.3 is 0 Å². The van der Waals surface area contributed by atoms with Crippen LogP contribution in [0.5, 0.6) is 5.75 Å². The third-order valence-electron chi connectivity index (χ3n) is 5.53. The van der Waals surface area contributed by atoms with E-state index < -0.39 is 0 Å². The van der Waals surface area contributed by atoms with Crippen LogP contribution in [0, 0.1) is 12.8 Å². The number of anilines is 1. The van der Waals surface area contributed by atoms with Crippen LogP contribution in [-0.4, -0.2) is 39.2 Å². The molecule has 2 aromatic rings. The molecular weight excluding hydrogens is 380 g/mol. The van der Waals surface area contributed by atoms with Crippen molar-refractivity contribution in [2.24, 2.45) is 5.92 Å². The number of ether oxygens (including phenoxy) is 2. The van der Waals surface area contributed by atoms with Gasteiger partial charge in [0.05, 0.1) is 19.1 Å². The Labute approximate surface area is 178 Å². The Morgan fingerprint density at radius 1 is 1.10 bits per heavy atom. The summed E-state index contributed by atoms with van der Waals surface area (Å²) in [5.74, 6) is 0.405. The fourth-order valence-corrected chi connectivity index (χ4v) is 3.92. The Kier molecular flexibility index (Phi) is 7.46. The van der Waals surface area contributed by atoms with Crippen molar-refractivity contribution >= 4 is 17.5 Å². The van der Waals surface area contributed by atoms with Crippen LogP contribution in [0.1, 0.15) is 36.4 Å². The second-order valence-electron chi connectivity index (χ2n) is 7.60. The number of carbonyl (C=O) groups excluding carboxylic acids is 2. The van der Waals surface area contributed by atoms with Gasteiger partial charge in [0.15, 0.2) is 0 Å².